The van der Waals surface area contributed by atoms with E-state index in [1.165, 1.54) is 0 Å². The summed E-state index contributed by atoms with van der Waals surface area (Å²) in [6, 6.07) is 7.12. The molecule has 2 aromatic rings. The first kappa shape index (κ1) is 23.7. The molecule has 2 aromatic carbocycles. The van der Waals surface area contributed by atoms with Gasteiger partial charge >= 0.3 is 0 Å². The van der Waals surface area contributed by atoms with Gasteiger partial charge in [-0.1, -0.05) is 55.7 Å². The molecule has 2 rings (SSSR count). The summed E-state index contributed by atoms with van der Waals surface area (Å²) in [4.78, 5) is 29.2. The van der Waals surface area contributed by atoms with Gasteiger partial charge in [-0.2, -0.15) is 0 Å². The number of phenols is 2. The van der Waals surface area contributed by atoms with Crippen LogP contribution in [0.4, 0.5) is 0 Å². The molecule has 1 unspecified atom stereocenters. The van der Waals surface area contributed by atoms with Crippen molar-refractivity contribution in [1.82, 2.24) is 0 Å². The van der Waals surface area contributed by atoms with Crippen LogP contribution < -0.4 is 0 Å². The van der Waals surface area contributed by atoms with E-state index < -0.39 is 22.9 Å². The lowest BCUT2D eigenvalue weighted by atomic mass is 9.98. The van der Waals surface area contributed by atoms with Gasteiger partial charge in [0, 0.05) is 21.9 Å². The van der Waals surface area contributed by atoms with Crippen molar-refractivity contribution in [2.45, 2.75) is 51.6 Å². The average Bonchev–Trinajstić information content (AvgIpc) is 2.73. The Morgan fingerprint density at radius 2 is 1.65 bits per heavy atom. The van der Waals surface area contributed by atoms with Crippen LogP contribution in [0, 0.1) is 27.2 Å². The Balaban J connectivity index is 1.79. The Labute approximate surface area is 178 Å². The number of hydrogen-bond acceptors (Lipinski definition) is 8. The Kier molecular flexibility index (Phi) is 8.86. The van der Waals surface area contributed by atoms with E-state index in [1.807, 2.05) is 6.08 Å². The van der Waals surface area contributed by atoms with E-state index in [-0.39, 0.29) is 17.9 Å². The molecule has 0 saturated carbocycles. The number of unbranched alkanes of at least 4 members (excludes halogenated alkanes) is 4. The molecule has 0 spiro atoms. The van der Waals surface area contributed by atoms with E-state index in [0.29, 0.717) is 28.3 Å². The molecule has 0 bridgehead atoms. The molecular formula is C21H26N2O8. The van der Waals surface area contributed by atoms with E-state index in [1.54, 1.807) is 37.3 Å². The van der Waals surface area contributed by atoms with Gasteiger partial charge in [-0.3, -0.25) is 0 Å². The number of hydrogen-bond donors (Lipinski definition) is 2. The predicted octanol–water partition coefficient (Wildman–Crippen LogP) is 4.70. The van der Waals surface area contributed by atoms with Crippen LogP contribution in [0.2, 0.25) is 0 Å². The maximum absolute atomic E-state index is 10.5. The van der Waals surface area contributed by atoms with Crippen LogP contribution in [0.25, 0.3) is 16.8 Å². The smallest absolute Gasteiger partial charge is 0.294 e. The highest BCUT2D eigenvalue weighted by atomic mass is 17.0. The number of allylic oxidation sites excluding steroid dienone is 1. The molecule has 0 amide bonds. The van der Waals surface area contributed by atoms with Crippen LogP contribution in [0.1, 0.15) is 49.7 Å². The lowest BCUT2D eigenvalue weighted by Gasteiger charge is -2.13. The summed E-state index contributed by atoms with van der Waals surface area (Å²) in [5.41, 5.74) is 1.20. The first-order valence-electron chi connectivity index (χ1n) is 9.99. The largest absolute Gasteiger partial charge is 0.507 e. The number of fused-ring (bicyclic) bond motifs is 1. The van der Waals surface area contributed by atoms with Gasteiger partial charge in [-0.05, 0) is 26.2 Å². The number of phenolic OH excluding ortho intramolecular Hbond substituents is 2. The Morgan fingerprint density at radius 1 is 1.00 bits per heavy atom. The Hall–Kier alpha value is -3.56. The maximum Gasteiger partial charge on any atom is 0.294 e. The van der Waals surface area contributed by atoms with Gasteiger partial charge in [0.15, 0.2) is 0 Å². The summed E-state index contributed by atoms with van der Waals surface area (Å²) in [7, 11) is 0. The van der Waals surface area contributed by atoms with E-state index in [2.05, 4.69) is 9.68 Å². The molecule has 1 atom stereocenters. The van der Waals surface area contributed by atoms with E-state index >= 15 is 0 Å². The highest BCUT2D eigenvalue weighted by molar-refractivity contribution is 5.97. The minimum Gasteiger partial charge on any atom is -0.507 e. The van der Waals surface area contributed by atoms with Crippen LogP contribution in [0.15, 0.2) is 30.3 Å². The lowest BCUT2D eigenvalue weighted by Crippen LogP contribution is -2.24. The lowest BCUT2D eigenvalue weighted by molar-refractivity contribution is -0.790. The molecule has 31 heavy (non-hydrogen) atoms. The Bertz CT molecular complexity index is 945. The van der Waals surface area contributed by atoms with Gasteiger partial charge in [0.1, 0.15) is 24.2 Å². The van der Waals surface area contributed by atoms with Crippen molar-refractivity contribution >= 4 is 16.8 Å². The predicted molar refractivity (Wildman–Crippen MR) is 114 cm³/mol. The first-order valence-corrected chi connectivity index (χ1v) is 9.99. The molecule has 10 nitrogen and oxygen atoms in total. The molecule has 0 fully saturated rings. The highest BCUT2D eigenvalue weighted by Gasteiger charge is 2.15. The Morgan fingerprint density at radius 3 is 2.29 bits per heavy atom. The number of nitrogens with zero attached hydrogens (tertiary/aromatic N) is 2. The third-order valence-electron chi connectivity index (χ3n) is 4.98. The summed E-state index contributed by atoms with van der Waals surface area (Å²) in [5, 5.41) is 40.8. The number of aromatic hydroxyl groups is 2. The van der Waals surface area contributed by atoms with Crippen molar-refractivity contribution in [3.05, 3.63) is 61.7 Å². The van der Waals surface area contributed by atoms with Gasteiger partial charge in [0.25, 0.3) is 10.2 Å². The maximum atomic E-state index is 10.5. The van der Waals surface area contributed by atoms with E-state index in [4.69, 9.17) is 0 Å². The van der Waals surface area contributed by atoms with Gasteiger partial charge in [0.05, 0.1) is 0 Å². The van der Waals surface area contributed by atoms with Crippen LogP contribution in [0.3, 0.4) is 0 Å². The van der Waals surface area contributed by atoms with Gasteiger partial charge in [-0.15, -0.1) is 20.2 Å². The third-order valence-corrected chi connectivity index (χ3v) is 4.98. The van der Waals surface area contributed by atoms with Crippen LogP contribution in [0.5, 0.6) is 11.5 Å². The number of rotatable bonds is 13. The summed E-state index contributed by atoms with van der Waals surface area (Å²) < 4.78 is 0. The van der Waals surface area contributed by atoms with Crippen LogP contribution in [-0.2, 0) is 9.68 Å². The molecule has 0 aromatic heterocycles. The summed E-state index contributed by atoms with van der Waals surface area (Å²) >= 11 is 0. The minimum absolute atomic E-state index is 0.135. The van der Waals surface area contributed by atoms with Crippen molar-refractivity contribution < 1.29 is 30.1 Å². The molecule has 0 aliphatic rings. The third kappa shape index (κ3) is 7.02. The normalized spacial score (nSPS) is 12.2. The molecule has 0 radical (unpaired) electrons. The molecule has 0 aliphatic carbocycles. The first-order chi connectivity index (χ1) is 14.8. The molecule has 168 valence electrons. The average molecular weight is 434 g/mol. The molecule has 0 heterocycles. The zero-order chi connectivity index (χ0) is 22.8. The molecule has 0 aliphatic heterocycles. The summed E-state index contributed by atoms with van der Waals surface area (Å²) in [5.74, 6) is 0.288. The SMILES string of the molecule is Cc1c(/C=C/CCCCCCC(CO[N+](=O)[O-])O[N+](=O)[O-])c(O)c2ccccc2c1O. The highest BCUT2D eigenvalue weighted by Crippen LogP contribution is 2.39. The zero-order valence-electron chi connectivity index (χ0n) is 17.2. The zero-order valence-corrected chi connectivity index (χ0v) is 17.2. The number of benzene rings is 2. The minimum atomic E-state index is -1.00. The van der Waals surface area contributed by atoms with Gasteiger partial charge in [0.2, 0.25) is 0 Å². The summed E-state index contributed by atoms with van der Waals surface area (Å²) in [6.45, 7) is 1.28. The van der Waals surface area contributed by atoms with Crippen molar-refractivity contribution in [3.8, 4) is 11.5 Å². The second kappa shape index (κ2) is 11.6. The van der Waals surface area contributed by atoms with E-state index in [9.17, 15) is 30.4 Å². The van der Waals surface area contributed by atoms with Crippen LogP contribution >= 0.6 is 0 Å². The molecule has 10 heteroatoms. The topological polar surface area (TPSA) is 145 Å². The quantitative estimate of drug-likeness (QED) is 0.200. The standard InChI is InChI=1S/C21H26N2O8/c1-15-17(21(25)19-13-9-8-12-18(19)20(15)24)11-7-5-3-2-4-6-10-16(31-23(28)29)14-30-22(26)27/h7-9,11-13,16,24-25H,2-6,10,14H2,1H3/b11-7+. The molecular weight excluding hydrogens is 408 g/mol. The van der Waals surface area contributed by atoms with Gasteiger partial charge in [-0.25, -0.2) is 0 Å². The van der Waals surface area contributed by atoms with Crippen molar-refractivity contribution in [1.29, 1.82) is 0 Å². The van der Waals surface area contributed by atoms with Crippen molar-refractivity contribution in [2.24, 2.45) is 0 Å². The second-order valence-corrected chi connectivity index (χ2v) is 7.15. The fraction of sp³-hybridized carbons (Fsp3) is 0.429. The fourth-order valence-electron chi connectivity index (χ4n) is 3.37. The van der Waals surface area contributed by atoms with Crippen molar-refractivity contribution in [3.63, 3.8) is 0 Å². The monoisotopic (exact) mass is 434 g/mol. The molecule has 0 saturated heterocycles. The van der Waals surface area contributed by atoms with Crippen molar-refractivity contribution in [2.75, 3.05) is 6.61 Å². The molecule has 2 N–H and O–H groups in total. The van der Waals surface area contributed by atoms with E-state index in [0.717, 1.165) is 25.7 Å². The fourth-order valence-corrected chi connectivity index (χ4v) is 3.37. The summed E-state index contributed by atoms with van der Waals surface area (Å²) in [6.07, 6.45) is 6.92. The second-order valence-electron chi connectivity index (χ2n) is 7.15. The van der Waals surface area contributed by atoms with Gasteiger partial charge < -0.3 is 19.9 Å². The van der Waals surface area contributed by atoms with Crippen LogP contribution in [-0.4, -0.2) is 33.1 Å².